The SMILES string of the molecule is c1ccc2c(-n3c4ccccc4c4cc(-c5ccc6c(c5)c5ccccc5n6-c5ccc(-c6ccc7c(ccc8c9ccccc9ccc78)c6)cc5)ccc43)cccc2c1. The van der Waals surface area contributed by atoms with Gasteiger partial charge in [0, 0.05) is 32.6 Å². The van der Waals surface area contributed by atoms with Gasteiger partial charge in [0.1, 0.15) is 0 Å². The van der Waals surface area contributed by atoms with Gasteiger partial charge in [-0.1, -0.05) is 158 Å². The smallest absolute Gasteiger partial charge is 0.0541 e. The van der Waals surface area contributed by atoms with E-state index in [1.54, 1.807) is 0 Å². The van der Waals surface area contributed by atoms with Crippen LogP contribution in [0.25, 0.3) is 120 Å². The lowest BCUT2D eigenvalue weighted by molar-refractivity contribution is 1.18. The highest BCUT2D eigenvalue weighted by atomic mass is 15.0. The zero-order valence-corrected chi connectivity index (χ0v) is 32.7. The average molecular weight is 761 g/mol. The first-order chi connectivity index (χ1) is 29.7. The van der Waals surface area contributed by atoms with Gasteiger partial charge in [0.05, 0.1) is 27.8 Å². The summed E-state index contributed by atoms with van der Waals surface area (Å²) < 4.78 is 4.85. The van der Waals surface area contributed by atoms with Crippen LogP contribution in [-0.4, -0.2) is 9.13 Å². The molecule has 11 aromatic carbocycles. The Morgan fingerprint density at radius 1 is 0.217 bits per heavy atom. The summed E-state index contributed by atoms with van der Waals surface area (Å²) in [6.07, 6.45) is 0. The first kappa shape index (κ1) is 33.1. The van der Waals surface area contributed by atoms with E-state index in [-0.39, 0.29) is 0 Å². The summed E-state index contributed by atoms with van der Waals surface area (Å²) in [6.45, 7) is 0. The molecule has 0 saturated heterocycles. The van der Waals surface area contributed by atoms with Crippen LogP contribution in [0.15, 0.2) is 218 Å². The first-order valence-corrected chi connectivity index (χ1v) is 20.8. The lowest BCUT2D eigenvalue weighted by atomic mass is 9.95. The number of hydrogen-bond acceptors (Lipinski definition) is 0. The molecule has 2 heteroatoms. The normalized spacial score (nSPS) is 12.0. The van der Waals surface area contributed by atoms with Crippen molar-refractivity contribution in [2.45, 2.75) is 0 Å². The van der Waals surface area contributed by atoms with Crippen LogP contribution in [0.4, 0.5) is 0 Å². The Kier molecular flexibility index (Phi) is 7.05. The lowest BCUT2D eigenvalue weighted by Gasteiger charge is -2.12. The quantitative estimate of drug-likeness (QED) is 0.158. The molecule has 0 saturated carbocycles. The number of benzene rings is 11. The van der Waals surface area contributed by atoms with Crippen molar-refractivity contribution in [1.29, 1.82) is 0 Å². The highest BCUT2D eigenvalue weighted by Crippen LogP contribution is 2.40. The van der Waals surface area contributed by atoms with Crippen molar-refractivity contribution >= 4 is 86.7 Å². The van der Waals surface area contributed by atoms with Gasteiger partial charge in [0.15, 0.2) is 0 Å². The average Bonchev–Trinajstić information content (AvgIpc) is 3.83. The maximum atomic E-state index is 2.43. The molecule has 0 radical (unpaired) electrons. The Labute approximate surface area is 346 Å². The molecule has 0 aliphatic carbocycles. The minimum Gasteiger partial charge on any atom is -0.309 e. The predicted molar refractivity (Wildman–Crippen MR) is 256 cm³/mol. The van der Waals surface area contributed by atoms with Crippen molar-refractivity contribution in [2.24, 2.45) is 0 Å². The molecule has 0 aliphatic rings. The third-order valence-electron chi connectivity index (χ3n) is 12.9. The van der Waals surface area contributed by atoms with Crippen LogP contribution in [0.5, 0.6) is 0 Å². The number of fused-ring (bicyclic) bond motifs is 12. The fraction of sp³-hybridized carbons (Fsp3) is 0. The number of rotatable bonds is 4. The fourth-order valence-electron chi connectivity index (χ4n) is 10.1. The molecule has 2 aromatic heterocycles. The van der Waals surface area contributed by atoms with E-state index in [0.717, 1.165) is 5.69 Å². The van der Waals surface area contributed by atoms with Crippen molar-refractivity contribution < 1.29 is 0 Å². The van der Waals surface area contributed by atoms with Gasteiger partial charge in [-0.2, -0.15) is 0 Å². The molecule has 60 heavy (non-hydrogen) atoms. The Morgan fingerprint density at radius 2 is 0.667 bits per heavy atom. The topological polar surface area (TPSA) is 9.86 Å². The molecular weight excluding hydrogens is 725 g/mol. The Morgan fingerprint density at radius 3 is 1.37 bits per heavy atom. The molecule has 2 nitrogen and oxygen atoms in total. The van der Waals surface area contributed by atoms with Crippen LogP contribution in [-0.2, 0) is 0 Å². The molecule has 0 aliphatic heterocycles. The summed E-state index contributed by atoms with van der Waals surface area (Å²) in [4.78, 5) is 0. The first-order valence-electron chi connectivity index (χ1n) is 20.8. The summed E-state index contributed by atoms with van der Waals surface area (Å²) >= 11 is 0. The van der Waals surface area contributed by atoms with Crippen molar-refractivity contribution in [1.82, 2.24) is 9.13 Å². The van der Waals surface area contributed by atoms with Gasteiger partial charge in [-0.25, -0.2) is 0 Å². The number of para-hydroxylation sites is 2. The molecule has 0 unspecified atom stereocenters. The molecule has 0 bridgehead atoms. The Bertz CT molecular complexity index is 3880. The second kappa shape index (κ2) is 12.8. The van der Waals surface area contributed by atoms with Crippen LogP contribution in [0.1, 0.15) is 0 Å². The summed E-state index contributed by atoms with van der Waals surface area (Å²) in [7, 11) is 0. The van der Waals surface area contributed by atoms with Gasteiger partial charge in [0.2, 0.25) is 0 Å². The lowest BCUT2D eigenvalue weighted by Crippen LogP contribution is -1.95. The molecule has 278 valence electrons. The number of hydrogen-bond donors (Lipinski definition) is 0. The maximum Gasteiger partial charge on any atom is 0.0541 e. The second-order valence-electron chi connectivity index (χ2n) is 16.1. The second-order valence-corrected chi connectivity index (χ2v) is 16.1. The Balaban J connectivity index is 0.894. The Hall–Kier alpha value is -7.94. The van der Waals surface area contributed by atoms with Gasteiger partial charge in [-0.15, -0.1) is 0 Å². The van der Waals surface area contributed by atoms with E-state index in [0.29, 0.717) is 0 Å². The van der Waals surface area contributed by atoms with E-state index in [2.05, 4.69) is 228 Å². The minimum atomic E-state index is 1.15. The van der Waals surface area contributed by atoms with Gasteiger partial charge < -0.3 is 9.13 Å². The van der Waals surface area contributed by atoms with Crippen LogP contribution in [0.2, 0.25) is 0 Å². The summed E-state index contributed by atoms with van der Waals surface area (Å²) in [5.74, 6) is 0. The summed E-state index contributed by atoms with van der Waals surface area (Å²) in [5.41, 5.74) is 12.0. The molecule has 0 atom stereocenters. The standard InChI is InChI=1S/C58H36N2/c1-3-13-45-39(11-1)22-30-49-46-29-23-40(34-43(46)24-31-48(45)49)37-20-27-44(28-21-37)59-55-17-7-5-15-50(55)52-35-41(25-32-57(52)59)42-26-33-58-53(36-42)51-16-6-8-18-56(51)60(58)54-19-9-12-38-10-2-4-14-47(38)54/h1-36H. The number of aromatic nitrogens is 2. The van der Waals surface area contributed by atoms with E-state index in [1.807, 2.05) is 0 Å². The van der Waals surface area contributed by atoms with Crippen LogP contribution in [0, 0.1) is 0 Å². The van der Waals surface area contributed by atoms with Crippen molar-refractivity contribution in [3.63, 3.8) is 0 Å². The van der Waals surface area contributed by atoms with E-state index in [1.165, 1.54) is 115 Å². The molecule has 0 N–H and O–H groups in total. The van der Waals surface area contributed by atoms with Gasteiger partial charge in [-0.3, -0.25) is 0 Å². The molecule has 13 aromatic rings. The van der Waals surface area contributed by atoms with E-state index in [4.69, 9.17) is 0 Å². The molecule has 2 heterocycles. The summed E-state index contributed by atoms with van der Waals surface area (Å²) in [5, 5.41) is 15.2. The molecular formula is C58H36N2. The highest BCUT2D eigenvalue weighted by Gasteiger charge is 2.17. The fourth-order valence-corrected chi connectivity index (χ4v) is 10.1. The van der Waals surface area contributed by atoms with Gasteiger partial charge in [0.25, 0.3) is 0 Å². The molecule has 0 fully saturated rings. The van der Waals surface area contributed by atoms with Crippen molar-refractivity contribution in [3.05, 3.63) is 218 Å². The monoisotopic (exact) mass is 760 g/mol. The van der Waals surface area contributed by atoms with E-state index < -0.39 is 0 Å². The largest absolute Gasteiger partial charge is 0.309 e. The van der Waals surface area contributed by atoms with E-state index in [9.17, 15) is 0 Å². The van der Waals surface area contributed by atoms with E-state index >= 15 is 0 Å². The van der Waals surface area contributed by atoms with Gasteiger partial charge in [-0.05, 0) is 121 Å². The van der Waals surface area contributed by atoms with Crippen molar-refractivity contribution in [2.75, 3.05) is 0 Å². The third-order valence-corrected chi connectivity index (χ3v) is 12.9. The van der Waals surface area contributed by atoms with Crippen molar-refractivity contribution in [3.8, 4) is 33.6 Å². The zero-order chi connectivity index (χ0) is 39.3. The van der Waals surface area contributed by atoms with Crippen LogP contribution in [0.3, 0.4) is 0 Å². The third kappa shape index (κ3) is 4.88. The highest BCUT2D eigenvalue weighted by molar-refractivity contribution is 6.18. The molecule has 13 rings (SSSR count). The number of nitrogens with zero attached hydrogens (tertiary/aromatic N) is 2. The molecule has 0 spiro atoms. The minimum absolute atomic E-state index is 1.15. The summed E-state index contributed by atoms with van der Waals surface area (Å²) in [6, 6.07) is 80.5. The predicted octanol–water partition coefficient (Wildman–Crippen LogP) is 15.8. The van der Waals surface area contributed by atoms with Crippen LogP contribution >= 0.6 is 0 Å². The van der Waals surface area contributed by atoms with Gasteiger partial charge >= 0.3 is 0 Å². The molecule has 0 amide bonds. The maximum absolute atomic E-state index is 2.43. The zero-order valence-electron chi connectivity index (χ0n) is 32.7. The van der Waals surface area contributed by atoms with Crippen LogP contribution < -0.4 is 0 Å².